The molecule has 0 fully saturated rings. The van der Waals surface area contributed by atoms with Gasteiger partial charge in [0.05, 0.1) is 16.3 Å². The fourth-order valence-electron chi connectivity index (χ4n) is 2.19. The predicted octanol–water partition coefficient (Wildman–Crippen LogP) is 2.79. The summed E-state index contributed by atoms with van der Waals surface area (Å²) in [6.45, 7) is 1.94. The maximum absolute atomic E-state index is 12.4. The van der Waals surface area contributed by atoms with Gasteiger partial charge in [0.1, 0.15) is 0 Å². The SMILES string of the molecule is Cc1cccnc1-c1cccn1NS(=O)(=O)c1ccccc1. The fourth-order valence-corrected chi connectivity index (χ4v) is 3.23. The van der Waals surface area contributed by atoms with Crippen molar-refractivity contribution in [3.05, 3.63) is 72.6 Å². The summed E-state index contributed by atoms with van der Waals surface area (Å²) in [6.07, 6.45) is 3.34. The van der Waals surface area contributed by atoms with E-state index in [1.807, 2.05) is 25.1 Å². The average Bonchev–Trinajstić information content (AvgIpc) is 2.96. The number of aryl methyl sites for hydroxylation is 1. The smallest absolute Gasteiger partial charge is 0.254 e. The number of benzene rings is 1. The first-order valence-corrected chi connectivity index (χ1v) is 8.23. The molecule has 0 aliphatic rings. The lowest BCUT2D eigenvalue weighted by Crippen LogP contribution is -2.23. The molecule has 2 heterocycles. The molecule has 3 aromatic rings. The highest BCUT2D eigenvalue weighted by Gasteiger charge is 2.16. The van der Waals surface area contributed by atoms with Crippen molar-refractivity contribution in [2.45, 2.75) is 11.8 Å². The summed E-state index contributed by atoms with van der Waals surface area (Å²) < 4.78 is 26.3. The molecule has 112 valence electrons. The topological polar surface area (TPSA) is 64.0 Å². The maximum atomic E-state index is 12.4. The molecule has 0 saturated heterocycles. The van der Waals surface area contributed by atoms with Gasteiger partial charge in [0.25, 0.3) is 10.0 Å². The first-order valence-electron chi connectivity index (χ1n) is 6.75. The van der Waals surface area contributed by atoms with Crippen LogP contribution in [0.1, 0.15) is 5.56 Å². The van der Waals surface area contributed by atoms with Gasteiger partial charge < -0.3 is 0 Å². The van der Waals surface area contributed by atoms with Crippen molar-refractivity contribution in [3.8, 4) is 11.4 Å². The van der Waals surface area contributed by atoms with E-state index in [2.05, 4.69) is 9.82 Å². The number of hydrogen-bond donors (Lipinski definition) is 1. The lowest BCUT2D eigenvalue weighted by Gasteiger charge is -2.13. The van der Waals surface area contributed by atoms with E-state index in [0.29, 0.717) is 5.69 Å². The number of hydrogen-bond acceptors (Lipinski definition) is 3. The Labute approximate surface area is 129 Å². The number of pyridine rings is 1. The van der Waals surface area contributed by atoms with Crippen molar-refractivity contribution < 1.29 is 8.42 Å². The Kier molecular flexibility index (Phi) is 3.68. The molecule has 6 heteroatoms. The molecule has 0 bridgehead atoms. The zero-order valence-corrected chi connectivity index (χ0v) is 12.8. The minimum atomic E-state index is -3.64. The molecule has 2 aromatic heterocycles. The number of nitrogens with one attached hydrogen (secondary N) is 1. The van der Waals surface area contributed by atoms with Crippen LogP contribution >= 0.6 is 0 Å². The minimum Gasteiger partial charge on any atom is -0.254 e. The maximum Gasteiger partial charge on any atom is 0.275 e. The van der Waals surface area contributed by atoms with Crippen LogP contribution in [0.5, 0.6) is 0 Å². The van der Waals surface area contributed by atoms with Gasteiger partial charge in [-0.05, 0) is 42.8 Å². The predicted molar refractivity (Wildman–Crippen MR) is 85.4 cm³/mol. The van der Waals surface area contributed by atoms with Crippen LogP contribution in [-0.2, 0) is 10.0 Å². The molecule has 1 aromatic carbocycles. The molecule has 22 heavy (non-hydrogen) atoms. The van der Waals surface area contributed by atoms with Crippen LogP contribution < -0.4 is 4.83 Å². The lowest BCUT2D eigenvalue weighted by molar-refractivity contribution is 0.595. The molecule has 0 unspecified atom stereocenters. The molecule has 0 aliphatic carbocycles. The Morgan fingerprint density at radius 1 is 1.00 bits per heavy atom. The Morgan fingerprint density at radius 2 is 1.77 bits per heavy atom. The lowest BCUT2D eigenvalue weighted by atomic mass is 10.2. The van der Waals surface area contributed by atoms with Crippen LogP contribution in [-0.4, -0.2) is 18.1 Å². The van der Waals surface area contributed by atoms with Gasteiger partial charge >= 0.3 is 0 Å². The molecule has 0 amide bonds. The molecule has 0 aliphatic heterocycles. The van der Waals surface area contributed by atoms with Crippen molar-refractivity contribution in [1.29, 1.82) is 0 Å². The summed E-state index contributed by atoms with van der Waals surface area (Å²) >= 11 is 0. The van der Waals surface area contributed by atoms with E-state index in [0.717, 1.165) is 11.3 Å². The molecule has 0 radical (unpaired) electrons. The van der Waals surface area contributed by atoms with Crippen molar-refractivity contribution >= 4 is 10.0 Å². The first kappa shape index (κ1) is 14.3. The summed E-state index contributed by atoms with van der Waals surface area (Å²) in [5, 5.41) is 0. The summed E-state index contributed by atoms with van der Waals surface area (Å²) in [7, 11) is -3.64. The van der Waals surface area contributed by atoms with Crippen molar-refractivity contribution in [1.82, 2.24) is 9.66 Å². The number of nitrogens with zero attached hydrogens (tertiary/aromatic N) is 2. The Hall–Kier alpha value is -2.60. The van der Waals surface area contributed by atoms with Crippen LogP contribution in [0.2, 0.25) is 0 Å². The average molecular weight is 313 g/mol. The summed E-state index contributed by atoms with van der Waals surface area (Å²) in [4.78, 5) is 7.10. The van der Waals surface area contributed by atoms with E-state index >= 15 is 0 Å². The zero-order valence-electron chi connectivity index (χ0n) is 12.0. The second kappa shape index (κ2) is 5.65. The van der Waals surface area contributed by atoms with Crippen LogP contribution in [0.15, 0.2) is 71.9 Å². The molecule has 3 rings (SSSR count). The number of rotatable bonds is 4. The number of aromatic nitrogens is 2. The third-order valence-corrected chi connectivity index (χ3v) is 4.60. The van der Waals surface area contributed by atoms with Crippen molar-refractivity contribution in [2.75, 3.05) is 4.83 Å². The third-order valence-electron chi connectivity index (χ3n) is 3.27. The Bertz CT molecular complexity index is 887. The van der Waals surface area contributed by atoms with Gasteiger partial charge in [-0.15, -0.1) is 0 Å². The highest BCUT2D eigenvalue weighted by atomic mass is 32.2. The van der Waals surface area contributed by atoms with E-state index in [1.54, 1.807) is 48.8 Å². The van der Waals surface area contributed by atoms with Gasteiger partial charge in [0.2, 0.25) is 0 Å². The minimum absolute atomic E-state index is 0.215. The Morgan fingerprint density at radius 3 is 2.50 bits per heavy atom. The van der Waals surface area contributed by atoms with Crippen molar-refractivity contribution in [2.24, 2.45) is 0 Å². The van der Waals surface area contributed by atoms with Gasteiger partial charge in [-0.1, -0.05) is 24.3 Å². The highest BCUT2D eigenvalue weighted by Crippen LogP contribution is 2.21. The standard InChI is InChI=1S/C16H15N3O2S/c1-13-7-5-11-17-16(13)15-10-6-12-19(15)18-22(20,21)14-8-3-2-4-9-14/h2-12,18H,1H3. The van der Waals surface area contributed by atoms with E-state index < -0.39 is 10.0 Å². The van der Waals surface area contributed by atoms with Crippen LogP contribution in [0.25, 0.3) is 11.4 Å². The normalized spacial score (nSPS) is 11.3. The molecular weight excluding hydrogens is 298 g/mol. The van der Waals surface area contributed by atoms with Crippen molar-refractivity contribution in [3.63, 3.8) is 0 Å². The number of sulfonamides is 1. The summed E-state index contributed by atoms with van der Waals surface area (Å²) in [6, 6.07) is 15.6. The molecule has 0 saturated carbocycles. The van der Waals surface area contributed by atoms with Gasteiger partial charge in [-0.3, -0.25) is 9.66 Å². The highest BCUT2D eigenvalue weighted by molar-refractivity contribution is 7.92. The summed E-state index contributed by atoms with van der Waals surface area (Å²) in [5.41, 5.74) is 2.40. The van der Waals surface area contributed by atoms with Gasteiger partial charge in [-0.2, -0.15) is 8.42 Å². The first-order chi connectivity index (χ1) is 10.6. The van der Waals surface area contributed by atoms with E-state index in [9.17, 15) is 8.42 Å². The van der Waals surface area contributed by atoms with Gasteiger partial charge in [0, 0.05) is 12.4 Å². The van der Waals surface area contributed by atoms with E-state index in [4.69, 9.17) is 0 Å². The Balaban J connectivity index is 1.99. The fraction of sp³-hybridized carbons (Fsp3) is 0.0625. The van der Waals surface area contributed by atoms with E-state index in [-0.39, 0.29) is 4.90 Å². The molecule has 5 nitrogen and oxygen atoms in total. The second-order valence-electron chi connectivity index (χ2n) is 4.84. The second-order valence-corrected chi connectivity index (χ2v) is 6.50. The molecule has 1 N–H and O–H groups in total. The monoisotopic (exact) mass is 313 g/mol. The van der Waals surface area contributed by atoms with Crippen LogP contribution in [0, 0.1) is 6.92 Å². The van der Waals surface area contributed by atoms with Crippen LogP contribution in [0.3, 0.4) is 0 Å². The molecule has 0 atom stereocenters. The summed E-state index contributed by atoms with van der Waals surface area (Å²) in [5.74, 6) is 0. The quantitative estimate of drug-likeness (QED) is 0.805. The largest absolute Gasteiger partial charge is 0.275 e. The zero-order chi connectivity index (χ0) is 15.6. The molecule has 0 spiro atoms. The van der Waals surface area contributed by atoms with Gasteiger partial charge in [0.15, 0.2) is 0 Å². The third kappa shape index (κ3) is 2.73. The van der Waals surface area contributed by atoms with Gasteiger partial charge in [-0.25, -0.2) is 4.83 Å². The molecular formula is C16H15N3O2S. The van der Waals surface area contributed by atoms with Crippen LogP contribution in [0.4, 0.5) is 0 Å². The van der Waals surface area contributed by atoms with E-state index in [1.165, 1.54) is 4.68 Å².